The van der Waals surface area contributed by atoms with Gasteiger partial charge in [-0.3, -0.25) is 0 Å². The van der Waals surface area contributed by atoms with E-state index in [-0.39, 0.29) is 53.8 Å². The van der Waals surface area contributed by atoms with Gasteiger partial charge in [-0.15, -0.1) is 0 Å². The van der Waals surface area contributed by atoms with E-state index in [9.17, 15) is 23.6 Å². The Balaban J connectivity index is 2.66. The lowest BCUT2D eigenvalue weighted by atomic mass is 9.90. The molecule has 1 aromatic heterocycles. The van der Waals surface area contributed by atoms with Crippen molar-refractivity contribution in [2.45, 2.75) is 27.7 Å². The van der Waals surface area contributed by atoms with Crippen LogP contribution in [-0.4, -0.2) is 55.3 Å². The van der Waals surface area contributed by atoms with Crippen LogP contribution in [0.15, 0.2) is 18.2 Å². The number of fused-ring (bicyclic) bond motifs is 3. The molecule has 10 heteroatoms. The van der Waals surface area contributed by atoms with Gasteiger partial charge in [0, 0.05) is 16.3 Å². The van der Waals surface area contributed by atoms with Crippen LogP contribution in [0.4, 0.5) is 4.39 Å². The number of rotatable bonds is 8. The number of aromatic amines is 1. The van der Waals surface area contributed by atoms with Crippen LogP contribution < -0.4 is 0 Å². The average molecular weight is 473 g/mol. The first-order chi connectivity index (χ1) is 16.3. The monoisotopic (exact) mass is 473 g/mol. The molecule has 0 fully saturated rings. The van der Waals surface area contributed by atoms with E-state index in [2.05, 4.69) is 4.98 Å². The van der Waals surface area contributed by atoms with Gasteiger partial charge in [-0.25, -0.2) is 23.6 Å². The number of ether oxygens (including phenoxy) is 4. The van der Waals surface area contributed by atoms with Gasteiger partial charge in [-0.05, 0) is 45.9 Å². The lowest BCUT2D eigenvalue weighted by molar-refractivity contribution is 0.0446. The lowest BCUT2D eigenvalue weighted by Crippen LogP contribution is -2.24. The lowest BCUT2D eigenvalue weighted by Gasteiger charge is -2.18. The van der Waals surface area contributed by atoms with E-state index in [1.807, 2.05) is 0 Å². The fourth-order valence-electron chi connectivity index (χ4n) is 3.74. The molecular weight excluding hydrogens is 449 g/mol. The van der Waals surface area contributed by atoms with Crippen LogP contribution >= 0.6 is 0 Å². The molecule has 0 bridgehead atoms. The fourth-order valence-corrected chi connectivity index (χ4v) is 3.74. The van der Waals surface area contributed by atoms with Crippen molar-refractivity contribution in [3.8, 4) is 0 Å². The Bertz CT molecular complexity index is 1290. The summed E-state index contributed by atoms with van der Waals surface area (Å²) in [6.45, 7) is 5.97. The molecule has 0 aliphatic rings. The van der Waals surface area contributed by atoms with Gasteiger partial charge in [0.25, 0.3) is 0 Å². The normalized spacial score (nSPS) is 10.9. The molecule has 0 atom stereocenters. The molecule has 1 heterocycles. The SMILES string of the molecule is CCOC(=O)c1c(C(=O)OCC)c(C(=O)OCC)c2c([nH]c3ccc(F)cc32)c1C(=O)OCC. The number of aromatic nitrogens is 1. The molecule has 1 N–H and O–H groups in total. The third-order valence-electron chi connectivity index (χ3n) is 4.93. The number of benzene rings is 2. The third kappa shape index (κ3) is 4.30. The smallest absolute Gasteiger partial charge is 0.341 e. The molecule has 2 aromatic carbocycles. The topological polar surface area (TPSA) is 121 Å². The average Bonchev–Trinajstić information content (AvgIpc) is 3.16. The van der Waals surface area contributed by atoms with Crippen LogP contribution in [0, 0.1) is 5.82 Å². The van der Waals surface area contributed by atoms with E-state index >= 15 is 0 Å². The van der Waals surface area contributed by atoms with Crippen molar-refractivity contribution in [3.63, 3.8) is 0 Å². The zero-order chi connectivity index (χ0) is 25.0. The number of hydrogen-bond acceptors (Lipinski definition) is 8. The number of H-pyrrole nitrogens is 1. The van der Waals surface area contributed by atoms with E-state index in [1.165, 1.54) is 19.1 Å². The molecule has 9 nitrogen and oxygen atoms in total. The van der Waals surface area contributed by atoms with Gasteiger partial charge in [0.15, 0.2) is 0 Å². The zero-order valence-corrected chi connectivity index (χ0v) is 19.2. The summed E-state index contributed by atoms with van der Waals surface area (Å²) >= 11 is 0. The quantitative estimate of drug-likeness (QED) is 0.382. The second kappa shape index (κ2) is 10.3. The molecule has 0 amide bonds. The Labute approximate surface area is 194 Å². The molecule has 0 radical (unpaired) electrons. The maximum Gasteiger partial charge on any atom is 0.341 e. The minimum atomic E-state index is -1.05. The highest BCUT2D eigenvalue weighted by Gasteiger charge is 2.37. The van der Waals surface area contributed by atoms with Crippen LogP contribution in [0.1, 0.15) is 69.1 Å². The van der Waals surface area contributed by atoms with E-state index in [4.69, 9.17) is 18.9 Å². The summed E-state index contributed by atoms with van der Waals surface area (Å²) in [5, 5.41) is 0.219. The number of esters is 4. The van der Waals surface area contributed by atoms with E-state index in [0.29, 0.717) is 5.52 Å². The summed E-state index contributed by atoms with van der Waals surface area (Å²) in [7, 11) is 0. The van der Waals surface area contributed by atoms with Crippen molar-refractivity contribution in [2.75, 3.05) is 26.4 Å². The van der Waals surface area contributed by atoms with Gasteiger partial charge >= 0.3 is 23.9 Å². The van der Waals surface area contributed by atoms with Crippen LogP contribution in [-0.2, 0) is 18.9 Å². The van der Waals surface area contributed by atoms with Gasteiger partial charge in [0.1, 0.15) is 5.82 Å². The summed E-state index contributed by atoms with van der Waals surface area (Å²) in [5.41, 5.74) is -1.34. The third-order valence-corrected chi connectivity index (χ3v) is 4.93. The number of carbonyl (C=O) groups excluding carboxylic acids is 4. The fraction of sp³-hybridized carbons (Fsp3) is 0.333. The second-order valence-electron chi connectivity index (χ2n) is 6.95. The molecule has 180 valence electrons. The summed E-state index contributed by atoms with van der Waals surface area (Å²) < 4.78 is 34.8. The molecule has 0 spiro atoms. The van der Waals surface area contributed by atoms with Gasteiger partial charge in [0.2, 0.25) is 0 Å². The largest absolute Gasteiger partial charge is 0.462 e. The molecule has 3 rings (SSSR count). The highest BCUT2D eigenvalue weighted by molar-refractivity contribution is 6.28. The summed E-state index contributed by atoms with van der Waals surface area (Å²) in [6, 6.07) is 3.73. The van der Waals surface area contributed by atoms with Crippen molar-refractivity contribution >= 4 is 45.7 Å². The van der Waals surface area contributed by atoms with Crippen molar-refractivity contribution in [2.24, 2.45) is 0 Å². The Hall–Kier alpha value is -3.95. The number of halogens is 1. The van der Waals surface area contributed by atoms with Crippen molar-refractivity contribution in [1.82, 2.24) is 4.98 Å². The van der Waals surface area contributed by atoms with Gasteiger partial charge < -0.3 is 23.9 Å². The second-order valence-corrected chi connectivity index (χ2v) is 6.95. The predicted octanol–water partition coefficient (Wildman–Crippen LogP) is 4.17. The molecular formula is C24H24FNO8. The molecule has 0 unspecified atom stereocenters. The summed E-state index contributed by atoms with van der Waals surface area (Å²) in [5.74, 6) is -4.60. The van der Waals surface area contributed by atoms with E-state index in [1.54, 1.807) is 20.8 Å². The number of hydrogen-bond donors (Lipinski definition) is 1. The van der Waals surface area contributed by atoms with Crippen LogP contribution in [0.2, 0.25) is 0 Å². The Morgan fingerprint density at radius 3 is 1.65 bits per heavy atom. The van der Waals surface area contributed by atoms with Gasteiger partial charge in [-0.1, -0.05) is 0 Å². The molecule has 0 saturated carbocycles. The maximum absolute atomic E-state index is 14.2. The minimum absolute atomic E-state index is 0.00166. The predicted molar refractivity (Wildman–Crippen MR) is 120 cm³/mol. The molecule has 3 aromatic rings. The van der Waals surface area contributed by atoms with Gasteiger partial charge in [-0.2, -0.15) is 0 Å². The highest BCUT2D eigenvalue weighted by Crippen LogP contribution is 2.38. The van der Waals surface area contributed by atoms with E-state index in [0.717, 1.165) is 6.07 Å². The molecule has 0 aliphatic carbocycles. The van der Waals surface area contributed by atoms with Crippen molar-refractivity contribution in [1.29, 1.82) is 0 Å². The van der Waals surface area contributed by atoms with E-state index < -0.39 is 40.8 Å². The molecule has 0 saturated heterocycles. The van der Waals surface area contributed by atoms with Crippen LogP contribution in [0.25, 0.3) is 21.8 Å². The first-order valence-electron chi connectivity index (χ1n) is 10.8. The summed E-state index contributed by atoms with van der Waals surface area (Å²) in [4.78, 5) is 55.4. The Morgan fingerprint density at radius 1 is 0.706 bits per heavy atom. The van der Waals surface area contributed by atoms with Crippen LogP contribution in [0.3, 0.4) is 0 Å². The molecule has 34 heavy (non-hydrogen) atoms. The van der Waals surface area contributed by atoms with Crippen LogP contribution in [0.5, 0.6) is 0 Å². The van der Waals surface area contributed by atoms with Crippen molar-refractivity contribution in [3.05, 3.63) is 46.3 Å². The maximum atomic E-state index is 14.2. The zero-order valence-electron chi connectivity index (χ0n) is 19.2. The standard InChI is InChI=1S/C24H24FNO8/c1-5-31-21(27)16-15-13-11-12(25)9-10-14(13)26-20(15)19(24(30)34-8-4)18(23(29)33-7-3)17(16)22(28)32-6-2/h9-11,26H,5-8H2,1-4H3. The molecule has 0 aliphatic heterocycles. The Morgan fingerprint density at radius 2 is 1.15 bits per heavy atom. The number of nitrogens with one attached hydrogen (secondary N) is 1. The highest BCUT2D eigenvalue weighted by atomic mass is 19.1. The van der Waals surface area contributed by atoms with Crippen molar-refractivity contribution < 1.29 is 42.5 Å². The summed E-state index contributed by atoms with van der Waals surface area (Å²) in [6.07, 6.45) is 0. The first kappa shape index (κ1) is 24.7. The Kier molecular flexibility index (Phi) is 7.50. The first-order valence-corrected chi connectivity index (χ1v) is 10.8. The number of carbonyl (C=O) groups is 4. The van der Waals surface area contributed by atoms with Gasteiger partial charge in [0.05, 0.1) is 54.2 Å². The minimum Gasteiger partial charge on any atom is -0.462 e.